The Bertz CT molecular complexity index is 1150. The molecule has 2 heterocycles. The summed E-state index contributed by atoms with van der Waals surface area (Å²) in [6.45, 7) is 4.42. The van der Waals surface area contributed by atoms with Crippen LogP contribution >= 0.6 is 0 Å². The van der Waals surface area contributed by atoms with E-state index >= 15 is 0 Å². The third-order valence-electron chi connectivity index (χ3n) is 7.24. The predicted molar refractivity (Wildman–Crippen MR) is 134 cm³/mol. The van der Waals surface area contributed by atoms with Gasteiger partial charge in [0.25, 0.3) is 0 Å². The molecule has 1 aromatic carbocycles. The fourth-order valence-corrected chi connectivity index (χ4v) is 6.72. The summed E-state index contributed by atoms with van der Waals surface area (Å²) < 4.78 is 39.0. The van der Waals surface area contributed by atoms with E-state index in [-0.39, 0.29) is 28.5 Å². The highest BCUT2D eigenvalue weighted by atomic mass is 32.2. The zero-order chi connectivity index (χ0) is 25.0. The molecular formula is C26H35N3O5S. The number of sulfonamides is 1. The van der Waals surface area contributed by atoms with Crippen molar-refractivity contribution in [2.75, 3.05) is 20.2 Å². The largest absolute Gasteiger partial charge is 0.497 e. The van der Waals surface area contributed by atoms with Crippen molar-refractivity contribution in [2.24, 2.45) is 11.8 Å². The fourth-order valence-electron chi connectivity index (χ4n) is 5.00. The van der Waals surface area contributed by atoms with E-state index in [1.54, 1.807) is 26.2 Å². The van der Waals surface area contributed by atoms with E-state index in [1.807, 2.05) is 24.3 Å². The molecular weight excluding hydrogens is 466 g/mol. The zero-order valence-corrected chi connectivity index (χ0v) is 21.5. The van der Waals surface area contributed by atoms with Crippen molar-refractivity contribution < 1.29 is 22.5 Å². The second kappa shape index (κ2) is 11.0. The fraction of sp³-hybridized carbons (Fsp3) is 0.538. The van der Waals surface area contributed by atoms with Crippen molar-refractivity contribution in [2.45, 2.75) is 63.3 Å². The smallest absolute Gasteiger partial charge is 0.248 e. The molecule has 1 aliphatic heterocycles. The van der Waals surface area contributed by atoms with Gasteiger partial charge in [-0.15, -0.1) is 0 Å². The van der Waals surface area contributed by atoms with Crippen LogP contribution in [-0.2, 0) is 14.8 Å². The van der Waals surface area contributed by atoms with Gasteiger partial charge in [-0.05, 0) is 62.3 Å². The van der Waals surface area contributed by atoms with E-state index in [4.69, 9.17) is 9.26 Å². The maximum atomic E-state index is 13.5. The lowest BCUT2D eigenvalue weighted by atomic mass is 9.85. The maximum Gasteiger partial charge on any atom is 0.248 e. The third-order valence-corrected chi connectivity index (χ3v) is 9.30. The average Bonchev–Trinajstić information content (AvgIpc) is 3.25. The Hall–Kier alpha value is -2.65. The number of hydrogen-bond donors (Lipinski definition) is 1. The maximum absolute atomic E-state index is 13.5. The summed E-state index contributed by atoms with van der Waals surface area (Å²) >= 11 is 0. The van der Waals surface area contributed by atoms with Gasteiger partial charge in [0, 0.05) is 25.0 Å². The van der Waals surface area contributed by atoms with E-state index in [0.29, 0.717) is 37.5 Å². The van der Waals surface area contributed by atoms with Gasteiger partial charge in [0.05, 0.1) is 7.11 Å². The van der Waals surface area contributed by atoms with E-state index < -0.39 is 10.0 Å². The van der Waals surface area contributed by atoms with Gasteiger partial charge in [0.15, 0.2) is 10.7 Å². The van der Waals surface area contributed by atoms with Gasteiger partial charge in [-0.2, -0.15) is 4.31 Å². The minimum absolute atomic E-state index is 0.0603. The Kier molecular flexibility index (Phi) is 7.96. The lowest BCUT2D eigenvalue weighted by Gasteiger charge is -2.34. The second-order valence-corrected chi connectivity index (χ2v) is 11.5. The molecule has 1 N–H and O–H groups in total. The number of nitrogens with one attached hydrogen (secondary N) is 1. The van der Waals surface area contributed by atoms with Gasteiger partial charge < -0.3 is 14.6 Å². The van der Waals surface area contributed by atoms with Gasteiger partial charge in [-0.25, -0.2) is 8.42 Å². The number of carbonyl (C=O) groups excluding carboxylic acids is 1. The molecule has 2 aliphatic rings. The molecule has 0 radical (unpaired) electrons. The lowest BCUT2D eigenvalue weighted by Crippen LogP contribution is -2.47. The first kappa shape index (κ1) is 25.4. The number of carbonyl (C=O) groups is 1. The Labute approximate surface area is 207 Å². The number of methoxy groups -OCH3 is 1. The van der Waals surface area contributed by atoms with Crippen LogP contribution in [0.4, 0.5) is 0 Å². The number of rotatable bonds is 7. The number of amides is 1. The van der Waals surface area contributed by atoms with Crippen LogP contribution in [0.5, 0.6) is 5.75 Å². The van der Waals surface area contributed by atoms with Crippen LogP contribution in [0, 0.1) is 18.8 Å². The minimum Gasteiger partial charge on any atom is -0.497 e. The molecule has 1 aromatic heterocycles. The Balaban J connectivity index is 1.41. The Morgan fingerprint density at radius 2 is 1.80 bits per heavy atom. The van der Waals surface area contributed by atoms with Crippen molar-refractivity contribution in [3.8, 4) is 5.75 Å². The molecule has 9 heteroatoms. The number of benzene rings is 1. The third kappa shape index (κ3) is 5.78. The van der Waals surface area contributed by atoms with Gasteiger partial charge in [0.2, 0.25) is 15.9 Å². The monoisotopic (exact) mass is 501 g/mol. The summed E-state index contributed by atoms with van der Waals surface area (Å²) in [5, 5.41) is 7.14. The molecule has 1 saturated heterocycles. The van der Waals surface area contributed by atoms with E-state index in [0.717, 1.165) is 30.6 Å². The number of aromatic nitrogens is 1. The van der Waals surface area contributed by atoms with E-state index in [2.05, 4.69) is 17.4 Å². The number of piperidine rings is 1. The van der Waals surface area contributed by atoms with Crippen molar-refractivity contribution in [1.29, 1.82) is 0 Å². The topological polar surface area (TPSA) is 102 Å². The van der Waals surface area contributed by atoms with E-state index in [9.17, 15) is 13.2 Å². The average molecular weight is 502 g/mol. The molecule has 35 heavy (non-hydrogen) atoms. The Morgan fingerprint density at radius 3 is 2.46 bits per heavy atom. The Morgan fingerprint density at radius 1 is 1.11 bits per heavy atom. The summed E-state index contributed by atoms with van der Waals surface area (Å²) in [6.07, 6.45) is 8.97. The molecule has 1 saturated carbocycles. The highest BCUT2D eigenvalue weighted by Gasteiger charge is 2.36. The highest BCUT2D eigenvalue weighted by molar-refractivity contribution is 7.89. The molecule has 4 rings (SSSR count). The van der Waals surface area contributed by atoms with Gasteiger partial charge in [-0.3, -0.25) is 4.79 Å². The molecule has 0 unspecified atom stereocenters. The number of aryl methyl sites for hydroxylation is 1. The van der Waals surface area contributed by atoms with Gasteiger partial charge in [-0.1, -0.05) is 43.1 Å². The molecule has 1 amide bonds. The van der Waals surface area contributed by atoms with E-state index in [1.165, 1.54) is 10.7 Å². The van der Waals surface area contributed by atoms with Crippen molar-refractivity contribution >= 4 is 28.1 Å². The SMILES string of the molecule is COc1ccc(/C=C\c2onc(C)c2S(=O)(=O)N2CCC(C(=O)N[C@H]3CCCC[C@H]3C)CC2)cc1. The number of ether oxygens (including phenoxy) is 1. The number of hydrogen-bond acceptors (Lipinski definition) is 6. The van der Waals surface area contributed by atoms with Crippen LogP contribution in [0.1, 0.15) is 62.5 Å². The van der Waals surface area contributed by atoms with Crippen LogP contribution in [0.2, 0.25) is 0 Å². The zero-order valence-electron chi connectivity index (χ0n) is 20.7. The van der Waals surface area contributed by atoms with Crippen LogP contribution in [0.15, 0.2) is 33.7 Å². The van der Waals surface area contributed by atoms with Crippen molar-refractivity contribution in [1.82, 2.24) is 14.8 Å². The molecule has 0 spiro atoms. The molecule has 0 bridgehead atoms. The van der Waals surface area contributed by atoms with Crippen LogP contribution in [0.25, 0.3) is 12.2 Å². The predicted octanol–water partition coefficient (Wildman–Crippen LogP) is 4.26. The normalized spacial score (nSPS) is 22.4. The summed E-state index contributed by atoms with van der Waals surface area (Å²) in [6, 6.07) is 7.64. The molecule has 8 nitrogen and oxygen atoms in total. The standard InChI is InChI=1S/C26H35N3O5S/c1-18-6-4-5-7-23(18)27-26(30)21-14-16-29(17-15-21)35(31,32)25-19(2)28-34-24(25)13-10-20-8-11-22(33-3)12-9-20/h8-13,18,21,23H,4-7,14-17H2,1-3H3,(H,27,30)/b13-10-/t18-,23+/m1/s1. The van der Waals surface area contributed by atoms with Crippen molar-refractivity contribution in [3.63, 3.8) is 0 Å². The minimum atomic E-state index is -3.81. The molecule has 190 valence electrons. The molecule has 2 aromatic rings. The van der Waals surface area contributed by atoms with Crippen LogP contribution < -0.4 is 10.1 Å². The summed E-state index contributed by atoms with van der Waals surface area (Å²) in [4.78, 5) is 12.9. The molecule has 2 atom stereocenters. The first-order chi connectivity index (χ1) is 16.8. The molecule has 1 aliphatic carbocycles. The first-order valence-electron chi connectivity index (χ1n) is 12.4. The van der Waals surface area contributed by atoms with Crippen molar-refractivity contribution in [3.05, 3.63) is 41.3 Å². The van der Waals surface area contributed by atoms with Crippen LogP contribution in [-0.4, -0.2) is 50.0 Å². The summed E-state index contributed by atoms with van der Waals surface area (Å²) in [5.74, 6) is 1.34. The van der Waals surface area contributed by atoms with Gasteiger partial charge >= 0.3 is 0 Å². The summed E-state index contributed by atoms with van der Waals surface area (Å²) in [5.41, 5.74) is 1.20. The lowest BCUT2D eigenvalue weighted by molar-refractivity contribution is -0.127. The second-order valence-electron chi connectivity index (χ2n) is 9.62. The molecule has 2 fully saturated rings. The van der Waals surface area contributed by atoms with Crippen LogP contribution in [0.3, 0.4) is 0 Å². The van der Waals surface area contributed by atoms with Gasteiger partial charge in [0.1, 0.15) is 11.4 Å². The highest BCUT2D eigenvalue weighted by Crippen LogP contribution is 2.30. The quantitative estimate of drug-likeness (QED) is 0.608. The first-order valence-corrected chi connectivity index (χ1v) is 13.8. The number of nitrogens with zero attached hydrogens (tertiary/aromatic N) is 2. The summed E-state index contributed by atoms with van der Waals surface area (Å²) in [7, 11) is -2.20.